The summed E-state index contributed by atoms with van der Waals surface area (Å²) in [6.45, 7) is 12.3. The van der Waals surface area contributed by atoms with Gasteiger partial charge in [0, 0.05) is 38.1 Å². The van der Waals surface area contributed by atoms with Crippen molar-refractivity contribution in [2.45, 2.75) is 59.2 Å². The third kappa shape index (κ3) is 5.20. The first-order chi connectivity index (χ1) is 10.7. The summed E-state index contributed by atoms with van der Waals surface area (Å²) in [6, 6.07) is 4.39. The maximum atomic E-state index is 12.3. The van der Waals surface area contributed by atoms with Crippen LogP contribution in [0.3, 0.4) is 0 Å². The van der Waals surface area contributed by atoms with Crippen molar-refractivity contribution in [3.63, 3.8) is 0 Å². The van der Waals surface area contributed by atoms with Crippen LogP contribution < -0.4 is 5.32 Å². The molecule has 0 radical (unpaired) electrons. The summed E-state index contributed by atoms with van der Waals surface area (Å²) in [7, 11) is 0. The normalized spacial score (nSPS) is 21.1. The molecule has 2 heterocycles. The minimum atomic E-state index is -0.448. The molecular formula is C18H29N3O2. The number of nitrogens with one attached hydrogen (secondary N) is 1. The van der Waals surface area contributed by atoms with Crippen molar-refractivity contribution in [1.29, 1.82) is 0 Å². The van der Waals surface area contributed by atoms with Crippen molar-refractivity contribution in [3.8, 4) is 0 Å². The molecule has 0 spiro atoms. The molecule has 1 amide bonds. The third-order valence-corrected chi connectivity index (χ3v) is 4.16. The summed E-state index contributed by atoms with van der Waals surface area (Å²) in [4.78, 5) is 18.2. The number of rotatable bonds is 3. The molecule has 0 bridgehead atoms. The van der Waals surface area contributed by atoms with Crippen molar-refractivity contribution >= 4 is 6.09 Å². The van der Waals surface area contributed by atoms with Gasteiger partial charge in [-0.3, -0.25) is 4.98 Å². The van der Waals surface area contributed by atoms with E-state index in [9.17, 15) is 4.79 Å². The Morgan fingerprint density at radius 3 is 2.78 bits per heavy atom. The van der Waals surface area contributed by atoms with Gasteiger partial charge in [0.2, 0.25) is 0 Å². The number of pyridine rings is 1. The monoisotopic (exact) mass is 319 g/mol. The standard InChI is InChI=1S/C18H29N3O2/c1-17(2,3)23-16(22)21-10-8-15(18(4,5)13-21)20-12-14-7-6-9-19-11-14/h6-7,9,11,15,20H,8,10,12-13H2,1-5H3. The molecule has 1 fully saturated rings. The zero-order valence-electron chi connectivity index (χ0n) is 14.9. The lowest BCUT2D eigenvalue weighted by Gasteiger charge is -2.44. The molecule has 128 valence electrons. The highest BCUT2D eigenvalue weighted by Gasteiger charge is 2.38. The maximum absolute atomic E-state index is 12.3. The molecular weight excluding hydrogens is 290 g/mol. The Balaban J connectivity index is 1.91. The van der Waals surface area contributed by atoms with Gasteiger partial charge in [0.05, 0.1) is 0 Å². The van der Waals surface area contributed by atoms with Gasteiger partial charge in [-0.2, -0.15) is 0 Å². The van der Waals surface area contributed by atoms with Crippen LogP contribution in [-0.4, -0.2) is 40.7 Å². The van der Waals surface area contributed by atoms with Crippen LogP contribution in [0.5, 0.6) is 0 Å². The van der Waals surface area contributed by atoms with E-state index >= 15 is 0 Å². The number of carbonyl (C=O) groups excluding carboxylic acids is 1. The van der Waals surface area contributed by atoms with E-state index in [0.29, 0.717) is 12.6 Å². The number of hydrogen-bond donors (Lipinski definition) is 1. The van der Waals surface area contributed by atoms with Gasteiger partial charge >= 0.3 is 6.09 Å². The van der Waals surface area contributed by atoms with Crippen LogP contribution in [-0.2, 0) is 11.3 Å². The fraction of sp³-hybridized carbons (Fsp3) is 0.667. The van der Waals surface area contributed by atoms with Crippen LogP contribution in [0.1, 0.15) is 46.6 Å². The van der Waals surface area contributed by atoms with Gasteiger partial charge in [0.1, 0.15) is 5.60 Å². The first kappa shape index (κ1) is 17.7. The summed E-state index contributed by atoms with van der Waals surface area (Å²) >= 11 is 0. The summed E-state index contributed by atoms with van der Waals surface area (Å²) in [5, 5.41) is 3.62. The van der Waals surface area contributed by atoms with Gasteiger partial charge in [0.15, 0.2) is 0 Å². The zero-order valence-corrected chi connectivity index (χ0v) is 14.9. The van der Waals surface area contributed by atoms with Gasteiger partial charge in [0.25, 0.3) is 0 Å². The summed E-state index contributed by atoms with van der Waals surface area (Å²) in [6.07, 6.45) is 4.38. The Hall–Kier alpha value is -1.62. The fourth-order valence-electron chi connectivity index (χ4n) is 2.96. The molecule has 23 heavy (non-hydrogen) atoms. The van der Waals surface area contributed by atoms with Crippen LogP contribution in [0.2, 0.25) is 0 Å². The number of carbonyl (C=O) groups is 1. The Morgan fingerprint density at radius 1 is 1.48 bits per heavy atom. The molecule has 1 unspecified atom stereocenters. The van der Waals surface area contributed by atoms with Crippen LogP contribution in [0.25, 0.3) is 0 Å². The molecule has 1 aromatic heterocycles. The number of nitrogens with zero attached hydrogens (tertiary/aromatic N) is 2. The Labute approximate surface area is 139 Å². The lowest BCUT2D eigenvalue weighted by Crippen LogP contribution is -2.56. The van der Waals surface area contributed by atoms with Gasteiger partial charge in [-0.05, 0) is 44.2 Å². The Kier molecular flexibility index (Phi) is 5.30. The van der Waals surface area contributed by atoms with E-state index in [0.717, 1.165) is 19.5 Å². The molecule has 0 saturated carbocycles. The predicted octanol–water partition coefficient (Wildman–Crippen LogP) is 3.21. The lowest BCUT2D eigenvalue weighted by atomic mass is 9.79. The van der Waals surface area contributed by atoms with Crippen LogP contribution in [0.15, 0.2) is 24.5 Å². The van der Waals surface area contributed by atoms with Crippen molar-refractivity contribution in [2.24, 2.45) is 5.41 Å². The van der Waals surface area contributed by atoms with Gasteiger partial charge in [-0.15, -0.1) is 0 Å². The highest BCUT2D eigenvalue weighted by atomic mass is 16.6. The minimum Gasteiger partial charge on any atom is -0.444 e. The van der Waals surface area contributed by atoms with E-state index in [4.69, 9.17) is 4.74 Å². The molecule has 1 saturated heterocycles. The quantitative estimate of drug-likeness (QED) is 0.929. The average Bonchev–Trinajstić information content (AvgIpc) is 2.44. The Bertz CT molecular complexity index is 523. The second-order valence-corrected chi connectivity index (χ2v) is 7.97. The molecule has 1 aliphatic rings. The van der Waals surface area contributed by atoms with Crippen LogP contribution >= 0.6 is 0 Å². The maximum Gasteiger partial charge on any atom is 0.410 e. The van der Waals surface area contributed by atoms with E-state index in [1.165, 1.54) is 5.56 Å². The number of likely N-dealkylation sites (tertiary alicyclic amines) is 1. The van der Waals surface area contributed by atoms with Crippen molar-refractivity contribution in [2.75, 3.05) is 13.1 Å². The van der Waals surface area contributed by atoms with Gasteiger partial charge in [-0.25, -0.2) is 4.79 Å². The highest BCUT2D eigenvalue weighted by molar-refractivity contribution is 5.68. The second kappa shape index (κ2) is 6.87. The number of amides is 1. The molecule has 1 aromatic rings. The number of ether oxygens (including phenoxy) is 1. The molecule has 1 aliphatic heterocycles. The Morgan fingerprint density at radius 2 is 2.22 bits per heavy atom. The molecule has 0 aliphatic carbocycles. The molecule has 0 aromatic carbocycles. The molecule has 5 heteroatoms. The highest BCUT2D eigenvalue weighted by Crippen LogP contribution is 2.30. The largest absolute Gasteiger partial charge is 0.444 e. The number of aromatic nitrogens is 1. The summed E-state index contributed by atoms with van der Waals surface area (Å²) in [5.74, 6) is 0. The second-order valence-electron chi connectivity index (χ2n) is 7.97. The molecule has 5 nitrogen and oxygen atoms in total. The van der Waals surface area contributed by atoms with E-state index in [2.05, 4.69) is 30.2 Å². The van der Waals surface area contributed by atoms with Crippen molar-refractivity contribution in [1.82, 2.24) is 15.2 Å². The predicted molar refractivity (Wildman–Crippen MR) is 91.1 cm³/mol. The SMILES string of the molecule is CC(C)(C)OC(=O)N1CCC(NCc2cccnc2)C(C)(C)C1. The lowest BCUT2D eigenvalue weighted by molar-refractivity contribution is 0.00207. The fourth-order valence-corrected chi connectivity index (χ4v) is 2.96. The summed E-state index contributed by atoms with van der Waals surface area (Å²) in [5.41, 5.74) is 0.728. The smallest absolute Gasteiger partial charge is 0.410 e. The number of piperidine rings is 1. The zero-order chi connectivity index (χ0) is 17.1. The first-order valence-electron chi connectivity index (χ1n) is 8.28. The third-order valence-electron chi connectivity index (χ3n) is 4.16. The van der Waals surface area contributed by atoms with E-state index in [-0.39, 0.29) is 11.5 Å². The van der Waals surface area contributed by atoms with E-state index in [1.807, 2.05) is 37.9 Å². The minimum absolute atomic E-state index is 0.00262. The average molecular weight is 319 g/mol. The van der Waals surface area contributed by atoms with Crippen LogP contribution in [0.4, 0.5) is 4.79 Å². The first-order valence-corrected chi connectivity index (χ1v) is 8.28. The summed E-state index contributed by atoms with van der Waals surface area (Å²) < 4.78 is 5.49. The molecule has 1 N–H and O–H groups in total. The topological polar surface area (TPSA) is 54.5 Å². The van der Waals surface area contributed by atoms with Crippen LogP contribution in [0, 0.1) is 5.41 Å². The molecule has 2 rings (SSSR count). The molecule has 1 atom stereocenters. The number of hydrogen-bond acceptors (Lipinski definition) is 4. The van der Waals surface area contributed by atoms with Gasteiger partial charge < -0.3 is 15.0 Å². The van der Waals surface area contributed by atoms with Crippen molar-refractivity contribution < 1.29 is 9.53 Å². The van der Waals surface area contributed by atoms with Gasteiger partial charge in [-0.1, -0.05) is 19.9 Å². The van der Waals surface area contributed by atoms with E-state index in [1.54, 1.807) is 6.20 Å². The van der Waals surface area contributed by atoms with E-state index < -0.39 is 5.60 Å². The van der Waals surface area contributed by atoms with Crippen molar-refractivity contribution in [3.05, 3.63) is 30.1 Å².